The van der Waals surface area contributed by atoms with Crippen molar-refractivity contribution in [1.82, 2.24) is 4.57 Å². The molecule has 7 aromatic rings. The summed E-state index contributed by atoms with van der Waals surface area (Å²) in [7, 11) is 0. The highest BCUT2D eigenvalue weighted by molar-refractivity contribution is 6.10. The molecule has 0 amide bonds. The van der Waals surface area contributed by atoms with Gasteiger partial charge >= 0.3 is 0 Å². The molecule has 2 nitrogen and oxygen atoms in total. The van der Waals surface area contributed by atoms with E-state index in [4.69, 9.17) is 0 Å². The number of rotatable bonds is 4. The van der Waals surface area contributed by atoms with Crippen LogP contribution in [0.1, 0.15) is 0 Å². The van der Waals surface area contributed by atoms with Gasteiger partial charge in [0.15, 0.2) is 0 Å². The van der Waals surface area contributed by atoms with Gasteiger partial charge in [-0.15, -0.1) is 0 Å². The van der Waals surface area contributed by atoms with Crippen LogP contribution in [0.15, 0.2) is 140 Å². The van der Waals surface area contributed by atoms with Crippen molar-refractivity contribution in [1.29, 1.82) is 0 Å². The molecule has 0 bridgehead atoms. The van der Waals surface area contributed by atoms with Gasteiger partial charge in [0.25, 0.3) is 0 Å². The Morgan fingerprint density at radius 3 is 2.06 bits per heavy atom. The minimum Gasteiger partial charge on any atom is -0.355 e. The number of nitrogens with one attached hydrogen (secondary N) is 1. The lowest BCUT2D eigenvalue weighted by molar-refractivity contribution is 1.18. The fraction of sp³-hybridized carbons (Fsp3) is 0. The van der Waals surface area contributed by atoms with E-state index in [1.165, 1.54) is 49.4 Å². The maximum atomic E-state index is 3.66. The lowest BCUT2D eigenvalue weighted by atomic mass is 9.98. The van der Waals surface area contributed by atoms with Gasteiger partial charge in [0, 0.05) is 27.8 Å². The molecule has 0 fully saturated rings. The van der Waals surface area contributed by atoms with E-state index in [9.17, 15) is 0 Å². The highest BCUT2D eigenvalue weighted by atomic mass is 15.0. The first kappa shape index (κ1) is 20.5. The van der Waals surface area contributed by atoms with Crippen LogP contribution in [-0.2, 0) is 0 Å². The summed E-state index contributed by atoms with van der Waals surface area (Å²) >= 11 is 0. The van der Waals surface area contributed by atoms with E-state index in [1.807, 2.05) is 0 Å². The van der Waals surface area contributed by atoms with Crippen molar-refractivity contribution in [2.24, 2.45) is 0 Å². The molecule has 0 saturated carbocycles. The van der Waals surface area contributed by atoms with Crippen molar-refractivity contribution < 1.29 is 0 Å². The van der Waals surface area contributed by atoms with Crippen LogP contribution in [0.25, 0.3) is 49.4 Å². The molecule has 1 heterocycles. The second-order valence-electron chi connectivity index (χ2n) is 9.15. The fourth-order valence-corrected chi connectivity index (χ4v) is 5.31. The Balaban J connectivity index is 1.31. The van der Waals surface area contributed by atoms with Crippen LogP contribution < -0.4 is 5.32 Å². The number of hydrogen-bond donors (Lipinski definition) is 1. The SMILES string of the molecule is c1ccc(-n2c3ccccc3c3cc(Nc4cccc(-c5cccc6ccccc56)c4)ccc32)cc1. The molecule has 0 aliphatic rings. The van der Waals surface area contributed by atoms with Crippen molar-refractivity contribution in [2.75, 3.05) is 5.32 Å². The number of hydrogen-bond acceptors (Lipinski definition) is 1. The molecule has 7 rings (SSSR count). The molecule has 0 saturated heterocycles. The zero-order valence-corrected chi connectivity index (χ0v) is 19.7. The predicted molar refractivity (Wildman–Crippen MR) is 153 cm³/mol. The quantitative estimate of drug-likeness (QED) is 0.277. The van der Waals surface area contributed by atoms with Gasteiger partial charge in [-0.1, -0.05) is 91.0 Å². The molecule has 170 valence electrons. The van der Waals surface area contributed by atoms with Gasteiger partial charge in [-0.25, -0.2) is 0 Å². The molecule has 2 heteroatoms. The molecule has 0 aliphatic heterocycles. The van der Waals surface area contributed by atoms with E-state index >= 15 is 0 Å². The predicted octanol–water partition coefficient (Wildman–Crippen LogP) is 9.35. The summed E-state index contributed by atoms with van der Waals surface area (Å²) < 4.78 is 2.34. The van der Waals surface area contributed by atoms with E-state index in [0.717, 1.165) is 11.4 Å². The summed E-state index contributed by atoms with van der Waals surface area (Å²) in [5, 5.41) is 8.68. The van der Waals surface area contributed by atoms with Gasteiger partial charge in [-0.3, -0.25) is 0 Å². The minimum absolute atomic E-state index is 1.08. The summed E-state index contributed by atoms with van der Waals surface area (Å²) in [6.07, 6.45) is 0. The highest BCUT2D eigenvalue weighted by Crippen LogP contribution is 2.35. The van der Waals surface area contributed by atoms with E-state index < -0.39 is 0 Å². The second kappa shape index (κ2) is 8.44. The van der Waals surface area contributed by atoms with Gasteiger partial charge in [0.05, 0.1) is 11.0 Å². The van der Waals surface area contributed by atoms with Gasteiger partial charge in [0.1, 0.15) is 0 Å². The number of anilines is 2. The molecular weight excluding hydrogens is 436 g/mol. The zero-order chi connectivity index (χ0) is 23.9. The van der Waals surface area contributed by atoms with Gasteiger partial charge in [0.2, 0.25) is 0 Å². The monoisotopic (exact) mass is 460 g/mol. The summed E-state index contributed by atoms with van der Waals surface area (Å²) in [6, 6.07) is 49.6. The van der Waals surface area contributed by atoms with Crippen molar-refractivity contribution in [3.63, 3.8) is 0 Å². The Bertz CT molecular complexity index is 1860. The molecule has 0 radical (unpaired) electrons. The molecule has 1 aromatic heterocycles. The van der Waals surface area contributed by atoms with Crippen LogP contribution in [0.2, 0.25) is 0 Å². The average Bonchev–Trinajstić information content (AvgIpc) is 3.27. The first-order valence-electron chi connectivity index (χ1n) is 12.3. The van der Waals surface area contributed by atoms with Crippen LogP contribution in [0, 0.1) is 0 Å². The van der Waals surface area contributed by atoms with E-state index in [2.05, 4.69) is 149 Å². The van der Waals surface area contributed by atoms with E-state index in [0.29, 0.717) is 0 Å². The second-order valence-corrected chi connectivity index (χ2v) is 9.15. The summed E-state index contributed by atoms with van der Waals surface area (Å²) in [6.45, 7) is 0. The Morgan fingerprint density at radius 1 is 0.444 bits per heavy atom. The summed E-state index contributed by atoms with van der Waals surface area (Å²) in [5.41, 5.74) is 8.20. The number of benzene rings is 6. The van der Waals surface area contributed by atoms with Crippen molar-refractivity contribution in [2.45, 2.75) is 0 Å². The van der Waals surface area contributed by atoms with Gasteiger partial charge < -0.3 is 9.88 Å². The van der Waals surface area contributed by atoms with E-state index in [1.54, 1.807) is 0 Å². The molecule has 0 aliphatic carbocycles. The standard InChI is InChI=1S/C34H24N2/c1-2-14-28(15-3-1)36-33-19-7-6-17-31(33)32-23-27(20-21-34(32)36)35-26-13-8-12-25(22-26)30-18-9-11-24-10-4-5-16-29(24)30/h1-23,35H. The van der Waals surface area contributed by atoms with Gasteiger partial charge in [-0.05, 0) is 70.4 Å². The first-order chi connectivity index (χ1) is 17.8. The number of aromatic nitrogens is 1. The highest BCUT2D eigenvalue weighted by Gasteiger charge is 2.12. The number of nitrogens with zero attached hydrogens (tertiary/aromatic N) is 1. The Labute approximate surface area is 210 Å². The number of para-hydroxylation sites is 2. The van der Waals surface area contributed by atoms with Crippen molar-refractivity contribution in [3.05, 3.63) is 140 Å². The topological polar surface area (TPSA) is 17.0 Å². The molecule has 36 heavy (non-hydrogen) atoms. The van der Waals surface area contributed by atoms with Crippen molar-refractivity contribution in [3.8, 4) is 16.8 Å². The normalized spacial score (nSPS) is 11.3. The summed E-state index contributed by atoms with van der Waals surface area (Å²) in [5.74, 6) is 0. The Hall–Kier alpha value is -4.82. The third kappa shape index (κ3) is 3.43. The van der Waals surface area contributed by atoms with Crippen LogP contribution in [0.4, 0.5) is 11.4 Å². The lowest BCUT2D eigenvalue weighted by Gasteiger charge is -2.11. The van der Waals surface area contributed by atoms with E-state index in [-0.39, 0.29) is 0 Å². The molecule has 1 N–H and O–H groups in total. The largest absolute Gasteiger partial charge is 0.355 e. The zero-order valence-electron chi connectivity index (χ0n) is 19.7. The molecule has 0 spiro atoms. The smallest absolute Gasteiger partial charge is 0.0542 e. The Kier molecular flexibility index (Phi) is 4.82. The third-order valence-electron chi connectivity index (χ3n) is 6.94. The average molecular weight is 461 g/mol. The molecular formula is C34H24N2. The lowest BCUT2D eigenvalue weighted by Crippen LogP contribution is -1.94. The minimum atomic E-state index is 1.08. The van der Waals surface area contributed by atoms with Crippen LogP contribution in [0.3, 0.4) is 0 Å². The maximum absolute atomic E-state index is 3.66. The maximum Gasteiger partial charge on any atom is 0.0542 e. The molecule has 0 unspecified atom stereocenters. The van der Waals surface area contributed by atoms with Gasteiger partial charge in [-0.2, -0.15) is 0 Å². The van der Waals surface area contributed by atoms with Crippen LogP contribution >= 0.6 is 0 Å². The fourth-order valence-electron chi connectivity index (χ4n) is 5.31. The third-order valence-corrected chi connectivity index (χ3v) is 6.94. The first-order valence-corrected chi connectivity index (χ1v) is 12.3. The number of fused-ring (bicyclic) bond motifs is 4. The summed E-state index contributed by atoms with van der Waals surface area (Å²) in [4.78, 5) is 0. The molecule has 0 atom stereocenters. The Morgan fingerprint density at radius 2 is 1.14 bits per heavy atom. The van der Waals surface area contributed by atoms with Crippen LogP contribution in [-0.4, -0.2) is 4.57 Å². The van der Waals surface area contributed by atoms with Crippen molar-refractivity contribution >= 4 is 44.0 Å². The van der Waals surface area contributed by atoms with Crippen LogP contribution in [0.5, 0.6) is 0 Å². The molecule has 6 aromatic carbocycles.